The molecule has 0 aromatic carbocycles. The van der Waals surface area contributed by atoms with Crippen LogP contribution in [0.1, 0.15) is 80.8 Å². The number of anilines is 1. The lowest BCUT2D eigenvalue weighted by Gasteiger charge is -2.45. The Morgan fingerprint density at radius 1 is 1.15 bits per heavy atom. The molecule has 2 aliphatic carbocycles. The third-order valence-electron chi connectivity index (χ3n) is 6.71. The predicted molar refractivity (Wildman–Crippen MR) is 136 cm³/mol. The first-order chi connectivity index (χ1) is 15.5. The highest BCUT2D eigenvalue weighted by Gasteiger charge is 2.41. The van der Waals surface area contributed by atoms with E-state index >= 15 is 0 Å². The number of nitrogens with zero attached hydrogens (tertiary/aromatic N) is 2. The molecule has 3 rings (SSSR count). The lowest BCUT2D eigenvalue weighted by molar-refractivity contribution is -0.124. The van der Waals surface area contributed by atoms with Crippen LogP contribution in [0.3, 0.4) is 0 Å². The van der Waals surface area contributed by atoms with Gasteiger partial charge in [0.05, 0.1) is 17.7 Å². The van der Waals surface area contributed by atoms with E-state index in [0.717, 1.165) is 49.9 Å². The van der Waals surface area contributed by atoms with Gasteiger partial charge in [-0.25, -0.2) is 4.79 Å². The minimum Gasteiger partial charge on any atom is -0.465 e. The van der Waals surface area contributed by atoms with Crippen molar-refractivity contribution in [3.05, 3.63) is 15.8 Å². The molecule has 2 saturated carbocycles. The Bertz CT molecular complexity index is 904. The lowest BCUT2D eigenvalue weighted by Crippen LogP contribution is -2.52. The maximum Gasteiger partial charge on any atom is 0.350 e. The monoisotopic (exact) mass is 472 g/mol. The van der Waals surface area contributed by atoms with Gasteiger partial charge in [0.2, 0.25) is 5.91 Å². The number of hydrogen-bond donors (Lipinski definition) is 0. The zero-order chi connectivity index (χ0) is 24.3. The largest absolute Gasteiger partial charge is 0.465 e. The smallest absolute Gasteiger partial charge is 0.350 e. The van der Waals surface area contributed by atoms with Crippen molar-refractivity contribution in [3.8, 4) is 11.8 Å². The van der Waals surface area contributed by atoms with Gasteiger partial charge in [-0.1, -0.05) is 18.8 Å². The van der Waals surface area contributed by atoms with Crippen LogP contribution in [0.15, 0.2) is 6.07 Å². The molecule has 33 heavy (non-hydrogen) atoms. The lowest BCUT2D eigenvalue weighted by atomic mass is 9.77. The number of thiophene rings is 1. The molecule has 0 atom stereocenters. The summed E-state index contributed by atoms with van der Waals surface area (Å²) in [6.07, 6.45) is 5.97. The molecule has 2 aliphatic rings. The van der Waals surface area contributed by atoms with Crippen LogP contribution in [0.2, 0.25) is 0 Å². The third kappa shape index (κ3) is 6.61. The Kier molecular flexibility index (Phi) is 8.29. The van der Waals surface area contributed by atoms with Crippen LogP contribution < -0.4 is 4.90 Å². The minimum atomic E-state index is -0.391. The summed E-state index contributed by atoms with van der Waals surface area (Å²) < 4.78 is 5.11. The predicted octanol–water partition coefficient (Wildman–Crippen LogP) is 5.43. The van der Waals surface area contributed by atoms with Gasteiger partial charge in [0, 0.05) is 23.9 Å². The number of carbonyl (C=O) groups excluding carboxylic acids is 2. The highest BCUT2D eigenvalue weighted by Crippen LogP contribution is 2.42. The number of ether oxygens (including phenoxy) is 1. The molecule has 0 aliphatic heterocycles. The van der Waals surface area contributed by atoms with E-state index in [2.05, 4.69) is 58.5 Å². The van der Waals surface area contributed by atoms with E-state index in [1.165, 1.54) is 18.4 Å². The quantitative estimate of drug-likeness (QED) is 0.409. The average Bonchev–Trinajstić information content (AvgIpc) is 3.13. The van der Waals surface area contributed by atoms with E-state index < -0.39 is 5.97 Å². The first-order valence-corrected chi connectivity index (χ1v) is 13.0. The summed E-state index contributed by atoms with van der Waals surface area (Å²) in [6.45, 7) is 9.48. The second-order valence-electron chi connectivity index (χ2n) is 11.2. The summed E-state index contributed by atoms with van der Waals surface area (Å²) in [6, 6.07) is 2.07. The van der Waals surface area contributed by atoms with Crippen molar-refractivity contribution < 1.29 is 14.3 Å². The van der Waals surface area contributed by atoms with Crippen LogP contribution in [-0.4, -0.2) is 50.6 Å². The average molecular weight is 473 g/mol. The molecule has 0 spiro atoms. The van der Waals surface area contributed by atoms with Crippen molar-refractivity contribution in [1.82, 2.24) is 4.90 Å². The Morgan fingerprint density at radius 3 is 2.33 bits per heavy atom. The number of methoxy groups -OCH3 is 1. The van der Waals surface area contributed by atoms with E-state index in [9.17, 15) is 9.59 Å². The van der Waals surface area contributed by atoms with Gasteiger partial charge < -0.3 is 14.5 Å². The molecule has 1 heterocycles. The molecule has 1 aromatic heterocycles. The highest BCUT2D eigenvalue weighted by atomic mass is 32.1. The third-order valence-corrected chi connectivity index (χ3v) is 7.73. The first-order valence-electron chi connectivity index (χ1n) is 12.2. The van der Waals surface area contributed by atoms with E-state index in [4.69, 9.17) is 4.74 Å². The van der Waals surface area contributed by atoms with Gasteiger partial charge in [-0.3, -0.25) is 4.79 Å². The summed E-state index contributed by atoms with van der Waals surface area (Å²) in [5.41, 5.74) is 0.555. The summed E-state index contributed by atoms with van der Waals surface area (Å²) >= 11 is 1.34. The van der Waals surface area contributed by atoms with Gasteiger partial charge in [0.15, 0.2) is 0 Å². The van der Waals surface area contributed by atoms with Crippen molar-refractivity contribution in [2.75, 3.05) is 32.6 Å². The Morgan fingerprint density at radius 2 is 1.79 bits per heavy atom. The van der Waals surface area contributed by atoms with Crippen molar-refractivity contribution in [3.63, 3.8) is 0 Å². The van der Waals surface area contributed by atoms with E-state index in [1.807, 2.05) is 11.0 Å². The van der Waals surface area contributed by atoms with E-state index in [0.29, 0.717) is 22.4 Å². The molecular formula is C27H40N2O3S. The number of hydrogen-bond acceptors (Lipinski definition) is 5. The maximum absolute atomic E-state index is 13.9. The second-order valence-corrected chi connectivity index (χ2v) is 12.3. The maximum atomic E-state index is 13.9. The molecule has 5 nitrogen and oxygen atoms in total. The highest BCUT2D eigenvalue weighted by molar-refractivity contribution is 7.15. The normalized spacial score (nSPS) is 25.1. The fraction of sp³-hybridized carbons (Fsp3) is 0.704. The fourth-order valence-corrected chi connectivity index (χ4v) is 5.81. The molecule has 0 bridgehead atoms. The number of amides is 1. The van der Waals surface area contributed by atoms with Crippen LogP contribution in [0.4, 0.5) is 5.69 Å². The SMILES string of the molecule is COC(=O)c1sc(C#CC(C)(C)C)cc1N(C(=O)[C@H]1CC[C@H](C)CC1)C1CC(CN(C)C)C1. The summed E-state index contributed by atoms with van der Waals surface area (Å²) in [4.78, 5) is 32.1. The van der Waals surface area contributed by atoms with Crippen molar-refractivity contribution in [2.24, 2.45) is 23.2 Å². The Hall–Kier alpha value is -1.84. The second kappa shape index (κ2) is 10.6. The summed E-state index contributed by atoms with van der Waals surface area (Å²) in [7, 11) is 5.58. The molecule has 6 heteroatoms. The number of rotatable bonds is 6. The molecule has 1 amide bonds. The van der Waals surface area contributed by atoms with Crippen LogP contribution >= 0.6 is 11.3 Å². The van der Waals surface area contributed by atoms with E-state index in [1.54, 1.807) is 0 Å². The van der Waals surface area contributed by atoms with Gasteiger partial charge in [-0.05, 0) is 91.3 Å². The van der Waals surface area contributed by atoms with E-state index in [-0.39, 0.29) is 23.3 Å². The molecular weight excluding hydrogens is 432 g/mol. The zero-order valence-electron chi connectivity index (χ0n) is 21.4. The van der Waals surface area contributed by atoms with Gasteiger partial charge in [0.25, 0.3) is 0 Å². The molecule has 0 saturated heterocycles. The van der Waals surface area contributed by atoms with Crippen LogP contribution in [0, 0.1) is 35.0 Å². The van der Waals surface area contributed by atoms with Crippen LogP contribution in [-0.2, 0) is 9.53 Å². The molecule has 0 radical (unpaired) electrons. The topological polar surface area (TPSA) is 49.9 Å². The summed E-state index contributed by atoms with van der Waals surface area (Å²) in [5.74, 6) is 7.56. The van der Waals surface area contributed by atoms with Crippen molar-refractivity contribution in [1.29, 1.82) is 0 Å². The van der Waals surface area contributed by atoms with Gasteiger partial charge in [-0.15, -0.1) is 11.3 Å². The summed E-state index contributed by atoms with van der Waals surface area (Å²) in [5, 5.41) is 0. The first kappa shape index (κ1) is 25.8. The molecule has 0 unspecified atom stereocenters. The zero-order valence-corrected chi connectivity index (χ0v) is 22.2. The fourth-order valence-electron chi connectivity index (χ4n) is 4.89. The molecule has 1 aromatic rings. The van der Waals surface area contributed by atoms with Gasteiger partial charge in [-0.2, -0.15) is 0 Å². The number of esters is 1. The molecule has 2 fully saturated rings. The van der Waals surface area contributed by atoms with Crippen molar-refractivity contribution in [2.45, 2.75) is 72.3 Å². The Balaban J connectivity index is 1.96. The van der Waals surface area contributed by atoms with Crippen LogP contribution in [0.25, 0.3) is 0 Å². The molecule has 0 N–H and O–H groups in total. The standard InChI is InChI=1S/C27H40N2O3S/c1-18-8-10-20(11-9-18)25(30)29(21-14-19(15-21)17-28(5)6)23-16-22(12-13-27(2,3)4)33-24(23)26(31)32-7/h16,18-21H,8-11,14-15,17H2,1-7H3/t18-,19?,20-,21?. The Labute approximate surface area is 203 Å². The molecule has 182 valence electrons. The number of carbonyl (C=O) groups is 2. The van der Waals surface area contributed by atoms with Gasteiger partial charge >= 0.3 is 5.97 Å². The van der Waals surface area contributed by atoms with Crippen LogP contribution in [0.5, 0.6) is 0 Å². The van der Waals surface area contributed by atoms with Crippen molar-refractivity contribution >= 4 is 28.9 Å². The minimum absolute atomic E-state index is 0.0311. The van der Waals surface area contributed by atoms with Gasteiger partial charge in [0.1, 0.15) is 4.88 Å².